The Hall–Kier alpha value is -4.28. The van der Waals surface area contributed by atoms with E-state index >= 15 is 0 Å². The van der Waals surface area contributed by atoms with Gasteiger partial charge in [-0.15, -0.1) is 11.3 Å². The quantitative estimate of drug-likeness (QED) is 0.199. The van der Waals surface area contributed by atoms with E-state index in [-0.39, 0.29) is 18.8 Å². The van der Waals surface area contributed by atoms with E-state index in [1.807, 2.05) is 18.2 Å². The van der Waals surface area contributed by atoms with Crippen molar-refractivity contribution in [1.82, 2.24) is 14.8 Å². The average molecular weight is 587 g/mol. The number of piperazine rings is 1. The van der Waals surface area contributed by atoms with Gasteiger partial charge in [0.1, 0.15) is 11.5 Å². The number of ether oxygens (including phenoxy) is 2. The average Bonchev–Trinajstić information content (AvgIpc) is 3.72. The number of fused-ring (bicyclic) bond motifs is 2. The van der Waals surface area contributed by atoms with Gasteiger partial charge in [-0.25, -0.2) is 4.79 Å². The largest absolute Gasteiger partial charge is 0.494 e. The van der Waals surface area contributed by atoms with Crippen molar-refractivity contribution in [2.45, 2.75) is 26.1 Å². The second kappa shape index (κ2) is 13.1. The summed E-state index contributed by atoms with van der Waals surface area (Å²) < 4.78 is 19.3. The van der Waals surface area contributed by atoms with Gasteiger partial charge >= 0.3 is 6.09 Å². The van der Waals surface area contributed by atoms with Gasteiger partial charge in [0.25, 0.3) is 5.56 Å². The van der Waals surface area contributed by atoms with Crippen LogP contribution >= 0.6 is 11.3 Å². The molecular formula is C32H34N4O5S. The fourth-order valence-corrected chi connectivity index (χ4v) is 6.14. The van der Waals surface area contributed by atoms with Gasteiger partial charge in [-0.2, -0.15) is 0 Å². The normalized spacial score (nSPS) is 14.0. The molecule has 0 spiro atoms. The smallest absolute Gasteiger partial charge is 0.409 e. The Balaban J connectivity index is 0.956. The predicted octanol–water partition coefficient (Wildman–Crippen LogP) is 5.67. The van der Waals surface area contributed by atoms with Gasteiger partial charge < -0.3 is 24.1 Å². The van der Waals surface area contributed by atoms with E-state index < -0.39 is 6.09 Å². The number of carbonyl (C=O) groups excluding carboxylic acids is 1. The van der Waals surface area contributed by atoms with Gasteiger partial charge in [-0.1, -0.05) is 6.07 Å². The first-order valence-corrected chi connectivity index (χ1v) is 15.1. The Kier molecular flexibility index (Phi) is 8.72. The number of hydrogen-bond acceptors (Lipinski definition) is 8. The first-order valence-electron chi connectivity index (χ1n) is 14.3. The van der Waals surface area contributed by atoms with E-state index in [0.29, 0.717) is 23.6 Å². The number of nitrogens with zero attached hydrogens (tertiary/aromatic N) is 3. The van der Waals surface area contributed by atoms with E-state index in [0.717, 1.165) is 51.0 Å². The molecule has 0 aliphatic carbocycles. The number of alkyl carbamates (subject to hydrolysis) is 1. The maximum Gasteiger partial charge on any atom is 0.409 e. The van der Waals surface area contributed by atoms with Crippen LogP contribution in [0.2, 0.25) is 0 Å². The Labute approximate surface area is 247 Å². The van der Waals surface area contributed by atoms with Gasteiger partial charge in [-0.05, 0) is 78.7 Å². The molecule has 4 heterocycles. The lowest BCUT2D eigenvalue weighted by molar-refractivity contribution is 0.113. The molecule has 218 valence electrons. The molecule has 5 aromatic rings. The molecule has 1 aliphatic rings. The molecule has 0 atom stereocenters. The third-order valence-electron chi connectivity index (χ3n) is 7.60. The number of hydrogen-bond donors (Lipinski definition) is 1. The molecule has 1 aliphatic heterocycles. The molecule has 3 aromatic heterocycles. The van der Waals surface area contributed by atoms with Crippen molar-refractivity contribution in [3.05, 3.63) is 94.5 Å². The number of rotatable bonds is 11. The molecule has 0 saturated carbocycles. The number of amides is 1. The molecule has 0 bridgehead atoms. The minimum Gasteiger partial charge on any atom is -0.494 e. The van der Waals surface area contributed by atoms with Crippen LogP contribution in [0, 0.1) is 0 Å². The molecule has 1 amide bonds. The zero-order valence-electron chi connectivity index (χ0n) is 23.4. The van der Waals surface area contributed by atoms with Crippen LogP contribution in [0.3, 0.4) is 0 Å². The van der Waals surface area contributed by atoms with Gasteiger partial charge in [0, 0.05) is 54.1 Å². The highest BCUT2D eigenvalue weighted by atomic mass is 32.1. The summed E-state index contributed by atoms with van der Waals surface area (Å²) in [5.74, 6) is 1.29. The van der Waals surface area contributed by atoms with E-state index in [9.17, 15) is 9.59 Å². The summed E-state index contributed by atoms with van der Waals surface area (Å²) in [6, 6.07) is 21.2. The van der Waals surface area contributed by atoms with Crippen LogP contribution in [0.4, 0.5) is 10.5 Å². The number of unbranched alkanes of at least 4 members (excludes halogenated alkanes) is 1. The number of carbonyl (C=O) groups is 1. The molecule has 2 aromatic carbocycles. The zero-order valence-corrected chi connectivity index (χ0v) is 24.2. The van der Waals surface area contributed by atoms with Crippen molar-refractivity contribution in [2.24, 2.45) is 0 Å². The highest BCUT2D eigenvalue weighted by Crippen LogP contribution is 2.31. The SMILES string of the molecule is O=C(NCc1ccco1)OCn1c(=O)ccc2ccc(OCCCCN3CCN(c4cccc5sccc45)CC3)cc21. The number of thiophene rings is 1. The Morgan fingerprint density at radius 2 is 1.86 bits per heavy atom. The van der Waals surface area contributed by atoms with Crippen LogP contribution in [0.1, 0.15) is 18.6 Å². The van der Waals surface area contributed by atoms with E-state index in [2.05, 4.69) is 44.8 Å². The molecule has 1 N–H and O–H groups in total. The number of aromatic nitrogens is 1. The lowest BCUT2D eigenvalue weighted by Gasteiger charge is -2.36. The monoisotopic (exact) mass is 586 g/mol. The highest BCUT2D eigenvalue weighted by Gasteiger charge is 2.18. The number of benzene rings is 2. The molecular weight excluding hydrogens is 552 g/mol. The van der Waals surface area contributed by atoms with Crippen LogP contribution in [0.15, 0.2) is 87.6 Å². The second-order valence-electron chi connectivity index (χ2n) is 10.3. The first-order chi connectivity index (χ1) is 20.6. The van der Waals surface area contributed by atoms with Crippen molar-refractivity contribution in [2.75, 3.05) is 44.2 Å². The fourth-order valence-electron chi connectivity index (χ4n) is 5.33. The first kappa shape index (κ1) is 27.9. The summed E-state index contributed by atoms with van der Waals surface area (Å²) in [6.07, 6.45) is 2.89. The lowest BCUT2D eigenvalue weighted by atomic mass is 10.2. The maximum atomic E-state index is 12.6. The van der Waals surface area contributed by atoms with E-state index in [1.54, 1.807) is 29.5 Å². The molecule has 0 unspecified atom stereocenters. The standard InChI is InChI=1S/C32H34N4O5S/c37-31-11-9-24-8-10-25(21-29(24)36(31)23-41-32(38)33-22-26-5-4-19-40-26)39-18-2-1-13-34-14-16-35(17-15-34)28-6-3-7-30-27(28)12-20-42-30/h3-12,19-21H,1-2,13-18,22-23H2,(H,33,38). The Bertz CT molecular complexity index is 1690. The number of anilines is 1. The molecule has 9 nitrogen and oxygen atoms in total. The summed E-state index contributed by atoms with van der Waals surface area (Å²) >= 11 is 1.80. The zero-order chi connectivity index (χ0) is 28.7. The third-order valence-corrected chi connectivity index (χ3v) is 8.48. The summed E-state index contributed by atoms with van der Waals surface area (Å²) in [5.41, 5.74) is 1.74. The maximum absolute atomic E-state index is 12.6. The second-order valence-corrected chi connectivity index (χ2v) is 11.3. The van der Waals surface area contributed by atoms with Crippen LogP contribution in [0.5, 0.6) is 5.75 Å². The Morgan fingerprint density at radius 3 is 2.71 bits per heavy atom. The van der Waals surface area contributed by atoms with Crippen LogP contribution < -0.4 is 20.5 Å². The minimum absolute atomic E-state index is 0.205. The number of nitrogens with one attached hydrogen (secondary N) is 1. The third kappa shape index (κ3) is 6.61. The van der Waals surface area contributed by atoms with Crippen LogP contribution in [0.25, 0.3) is 21.0 Å². The van der Waals surface area contributed by atoms with E-state index in [4.69, 9.17) is 13.9 Å². The lowest BCUT2D eigenvalue weighted by Crippen LogP contribution is -2.46. The van der Waals surface area contributed by atoms with Crippen LogP contribution in [-0.2, 0) is 18.0 Å². The molecule has 10 heteroatoms. The van der Waals surface area contributed by atoms with Crippen molar-refractivity contribution >= 4 is 44.1 Å². The number of pyridine rings is 1. The molecule has 1 saturated heterocycles. The molecule has 42 heavy (non-hydrogen) atoms. The summed E-state index contributed by atoms with van der Waals surface area (Å²) in [6.45, 7) is 5.85. The van der Waals surface area contributed by atoms with Crippen molar-refractivity contribution in [1.29, 1.82) is 0 Å². The highest BCUT2D eigenvalue weighted by molar-refractivity contribution is 7.17. The topological polar surface area (TPSA) is 89.2 Å². The van der Waals surface area contributed by atoms with Gasteiger partial charge in [0.05, 0.1) is 24.9 Å². The van der Waals surface area contributed by atoms with Gasteiger partial charge in [0.15, 0.2) is 6.73 Å². The van der Waals surface area contributed by atoms with Crippen molar-refractivity contribution in [3.8, 4) is 5.75 Å². The summed E-state index contributed by atoms with van der Waals surface area (Å²) in [4.78, 5) is 29.8. The van der Waals surface area contributed by atoms with Gasteiger partial charge in [0.2, 0.25) is 0 Å². The summed E-state index contributed by atoms with van der Waals surface area (Å²) in [5, 5.41) is 7.00. The van der Waals surface area contributed by atoms with Gasteiger partial charge in [-0.3, -0.25) is 14.3 Å². The molecule has 6 rings (SSSR count). The van der Waals surface area contributed by atoms with E-state index in [1.165, 1.54) is 32.7 Å². The predicted molar refractivity (Wildman–Crippen MR) is 165 cm³/mol. The minimum atomic E-state index is -0.635. The molecule has 0 radical (unpaired) electrons. The number of furan rings is 1. The fraction of sp³-hybridized carbons (Fsp3) is 0.312. The van der Waals surface area contributed by atoms with Crippen molar-refractivity contribution in [3.63, 3.8) is 0 Å². The van der Waals surface area contributed by atoms with Crippen LogP contribution in [-0.4, -0.2) is 54.9 Å². The summed E-state index contributed by atoms with van der Waals surface area (Å²) in [7, 11) is 0. The molecule has 1 fully saturated rings. The Morgan fingerprint density at radius 1 is 0.976 bits per heavy atom. The van der Waals surface area contributed by atoms with Crippen molar-refractivity contribution < 1.29 is 18.7 Å².